The van der Waals surface area contributed by atoms with Gasteiger partial charge in [0.2, 0.25) is 5.78 Å². The Morgan fingerprint density at radius 3 is 2.50 bits per heavy atom. The number of carbonyl (C=O) groups excluding carboxylic acids is 3. The van der Waals surface area contributed by atoms with Gasteiger partial charge in [0.1, 0.15) is 22.8 Å². The fraction of sp³-hybridized carbons (Fsp3) is 0.375. The maximum atomic E-state index is 13.8. The molecule has 5 rings (SSSR count). The molecule has 6 N–H and O–H groups in total. The highest BCUT2D eigenvalue weighted by atomic mass is 16.5. The van der Waals surface area contributed by atoms with E-state index in [-0.39, 0.29) is 41.9 Å². The van der Waals surface area contributed by atoms with E-state index in [1.807, 2.05) is 0 Å². The SMILES string of the molecule is Cc1noc(-c2cc(N(C)C)c3c(c2O)C(=O)C2=C(O)[C@]4(O)C(=O)C(C(N)=O)=C(O)C[C@@H]4C[C@@H]2C3)n1. The average Bonchev–Trinajstić information content (AvgIpc) is 3.21. The van der Waals surface area contributed by atoms with Gasteiger partial charge in [-0.2, -0.15) is 4.98 Å². The number of aliphatic hydroxyl groups is 3. The number of aliphatic hydroxyl groups excluding tert-OH is 2. The van der Waals surface area contributed by atoms with Gasteiger partial charge in [-0.25, -0.2) is 0 Å². The summed E-state index contributed by atoms with van der Waals surface area (Å²) in [5.41, 5.74) is 2.65. The molecule has 1 heterocycles. The maximum absolute atomic E-state index is 13.8. The molecule has 3 aliphatic rings. The lowest BCUT2D eigenvalue weighted by molar-refractivity contribution is -0.144. The van der Waals surface area contributed by atoms with Crippen molar-refractivity contribution in [2.45, 2.75) is 31.8 Å². The van der Waals surface area contributed by atoms with Crippen molar-refractivity contribution in [2.24, 2.45) is 17.6 Å². The van der Waals surface area contributed by atoms with Gasteiger partial charge in [0.05, 0.1) is 11.1 Å². The summed E-state index contributed by atoms with van der Waals surface area (Å²) in [6.45, 7) is 1.60. The smallest absolute Gasteiger partial charge is 0.261 e. The van der Waals surface area contributed by atoms with Gasteiger partial charge in [-0.1, -0.05) is 5.16 Å². The molecule has 0 unspecified atom stereocenters. The van der Waals surface area contributed by atoms with Gasteiger partial charge in [-0.15, -0.1) is 0 Å². The predicted molar refractivity (Wildman–Crippen MR) is 123 cm³/mol. The second kappa shape index (κ2) is 7.65. The van der Waals surface area contributed by atoms with Crippen LogP contribution < -0.4 is 10.6 Å². The van der Waals surface area contributed by atoms with Crippen molar-refractivity contribution in [3.8, 4) is 17.2 Å². The molecule has 36 heavy (non-hydrogen) atoms. The Labute approximate surface area is 204 Å². The van der Waals surface area contributed by atoms with Crippen LogP contribution in [0.15, 0.2) is 33.3 Å². The first-order chi connectivity index (χ1) is 16.9. The van der Waals surface area contributed by atoms with E-state index in [0.29, 0.717) is 17.1 Å². The molecule has 12 nitrogen and oxygen atoms in total. The molecular formula is C24H24N4O8. The van der Waals surface area contributed by atoms with Crippen molar-refractivity contribution >= 4 is 23.2 Å². The minimum atomic E-state index is -2.61. The number of carbonyl (C=O) groups is 3. The van der Waals surface area contributed by atoms with Gasteiger partial charge in [0.15, 0.2) is 17.2 Å². The van der Waals surface area contributed by atoms with Crippen LogP contribution in [0.3, 0.4) is 0 Å². The van der Waals surface area contributed by atoms with Crippen LogP contribution in [-0.4, -0.2) is 67.7 Å². The molecule has 0 bridgehead atoms. The van der Waals surface area contributed by atoms with Crippen molar-refractivity contribution in [2.75, 3.05) is 19.0 Å². The van der Waals surface area contributed by atoms with E-state index in [0.717, 1.165) is 0 Å². The van der Waals surface area contributed by atoms with Gasteiger partial charge < -0.3 is 35.6 Å². The van der Waals surface area contributed by atoms with Crippen LogP contribution in [0.25, 0.3) is 11.5 Å². The molecule has 0 radical (unpaired) electrons. The highest BCUT2D eigenvalue weighted by Crippen LogP contribution is 2.53. The summed E-state index contributed by atoms with van der Waals surface area (Å²) in [6.07, 6.45) is -0.0314. The number of aryl methyl sites for hydroxylation is 1. The average molecular weight is 496 g/mol. The molecule has 0 saturated heterocycles. The maximum Gasteiger partial charge on any atom is 0.261 e. The highest BCUT2D eigenvalue weighted by Gasteiger charge is 2.59. The van der Waals surface area contributed by atoms with E-state index in [9.17, 15) is 34.8 Å². The first-order valence-electron chi connectivity index (χ1n) is 11.2. The molecular weight excluding hydrogens is 472 g/mol. The van der Waals surface area contributed by atoms with Gasteiger partial charge >= 0.3 is 0 Å². The lowest BCUT2D eigenvalue weighted by Crippen LogP contribution is -2.57. The molecule has 1 aromatic heterocycles. The molecule has 0 fully saturated rings. The summed E-state index contributed by atoms with van der Waals surface area (Å²) in [5, 5.41) is 47.7. The number of aromatic nitrogens is 2. The lowest BCUT2D eigenvalue weighted by atomic mass is 9.60. The monoisotopic (exact) mass is 496 g/mol. The minimum absolute atomic E-state index is 0.0134. The van der Waals surface area contributed by atoms with E-state index >= 15 is 0 Å². The molecule has 0 spiro atoms. The number of phenols is 1. The minimum Gasteiger partial charge on any atom is -0.511 e. The Morgan fingerprint density at radius 2 is 1.92 bits per heavy atom. The second-order valence-electron chi connectivity index (χ2n) is 9.60. The number of rotatable bonds is 3. The number of nitrogens with two attached hydrogens (primary N) is 1. The summed E-state index contributed by atoms with van der Waals surface area (Å²) in [4.78, 5) is 44.5. The van der Waals surface area contributed by atoms with Crippen LogP contribution in [0.2, 0.25) is 0 Å². The molecule has 3 atom stereocenters. The number of fused-ring (bicyclic) bond motifs is 3. The van der Waals surface area contributed by atoms with E-state index in [2.05, 4.69) is 10.1 Å². The largest absolute Gasteiger partial charge is 0.511 e. The number of Topliss-reactive ketones (excluding diaryl/α,β-unsaturated/α-hetero) is 2. The number of phenolic OH excluding ortho intramolecular Hbond substituents is 1. The zero-order valence-electron chi connectivity index (χ0n) is 19.7. The summed E-state index contributed by atoms with van der Waals surface area (Å²) in [7, 11) is 3.52. The number of anilines is 1. The van der Waals surface area contributed by atoms with Crippen LogP contribution in [-0.2, 0) is 16.0 Å². The Balaban J connectivity index is 1.73. The molecule has 0 aliphatic heterocycles. The third-order valence-corrected chi connectivity index (χ3v) is 7.28. The van der Waals surface area contributed by atoms with Crippen LogP contribution in [0.4, 0.5) is 5.69 Å². The predicted octanol–water partition coefficient (Wildman–Crippen LogP) is 1.00. The lowest BCUT2D eigenvalue weighted by Gasteiger charge is -2.45. The topological polar surface area (TPSA) is 200 Å². The summed E-state index contributed by atoms with van der Waals surface area (Å²) < 4.78 is 5.20. The zero-order chi connectivity index (χ0) is 26.3. The van der Waals surface area contributed by atoms with Crippen LogP contribution >= 0.6 is 0 Å². The van der Waals surface area contributed by atoms with Crippen molar-refractivity contribution in [1.82, 2.24) is 10.1 Å². The third-order valence-electron chi connectivity index (χ3n) is 7.28. The van der Waals surface area contributed by atoms with Gasteiger partial charge in [0, 0.05) is 37.7 Å². The first kappa shape index (κ1) is 23.5. The quantitative estimate of drug-likeness (QED) is 0.380. The number of allylic oxidation sites excluding steroid dienone is 2. The number of benzene rings is 1. The molecule has 12 heteroatoms. The van der Waals surface area contributed by atoms with Crippen LogP contribution in [0.5, 0.6) is 5.75 Å². The number of hydrogen-bond donors (Lipinski definition) is 5. The molecule has 188 valence electrons. The Kier molecular flexibility index (Phi) is 5.01. The van der Waals surface area contributed by atoms with E-state index in [1.54, 1.807) is 32.0 Å². The zero-order valence-corrected chi connectivity index (χ0v) is 19.7. The van der Waals surface area contributed by atoms with Gasteiger partial charge in [-0.05, 0) is 37.3 Å². The Hall–Kier alpha value is -4.19. The van der Waals surface area contributed by atoms with Crippen molar-refractivity contribution < 1.29 is 39.3 Å². The molecule has 1 aromatic carbocycles. The standard InChI is InChI=1S/C24H24N4O8/c1-8-26-23(36-27-8)12-7-13(28(2)3)11-5-9-4-10-6-14(29)17(22(25)34)21(33)24(10,35)20(32)15(9)19(31)16(11)18(12)30/h7,9-10,29-30,32,35H,4-6H2,1-3H3,(H2,25,34)/t9-,10+,24+/m1/s1. The molecule has 3 aliphatic carbocycles. The summed E-state index contributed by atoms with van der Waals surface area (Å²) >= 11 is 0. The van der Waals surface area contributed by atoms with E-state index in [4.69, 9.17) is 10.3 Å². The number of primary amides is 1. The number of nitrogens with zero attached hydrogens (tertiary/aromatic N) is 3. The number of amides is 1. The van der Waals surface area contributed by atoms with E-state index < -0.39 is 57.8 Å². The summed E-state index contributed by atoms with van der Waals surface area (Å²) in [6, 6.07) is 1.62. The van der Waals surface area contributed by atoms with Crippen molar-refractivity contribution in [1.29, 1.82) is 0 Å². The Morgan fingerprint density at radius 1 is 1.22 bits per heavy atom. The summed E-state index contributed by atoms with van der Waals surface area (Å²) in [5.74, 6) is -6.52. The molecule has 2 aromatic rings. The molecule has 1 amide bonds. The second-order valence-corrected chi connectivity index (χ2v) is 9.60. The van der Waals surface area contributed by atoms with Crippen molar-refractivity contribution in [3.05, 3.63) is 45.7 Å². The normalized spacial score (nSPS) is 25.4. The van der Waals surface area contributed by atoms with Gasteiger partial charge in [-0.3, -0.25) is 14.4 Å². The molecule has 0 saturated carbocycles. The first-order valence-corrected chi connectivity index (χ1v) is 11.2. The highest BCUT2D eigenvalue weighted by molar-refractivity contribution is 6.24. The van der Waals surface area contributed by atoms with Crippen LogP contribution in [0.1, 0.15) is 34.6 Å². The third kappa shape index (κ3) is 3.00. The fourth-order valence-electron chi connectivity index (χ4n) is 5.64. The number of hydrogen-bond acceptors (Lipinski definition) is 11. The number of aromatic hydroxyl groups is 1. The van der Waals surface area contributed by atoms with Crippen molar-refractivity contribution in [3.63, 3.8) is 0 Å². The van der Waals surface area contributed by atoms with E-state index in [1.165, 1.54) is 0 Å². The Bertz CT molecular complexity index is 1440. The van der Waals surface area contributed by atoms with Gasteiger partial charge in [0.25, 0.3) is 11.8 Å². The van der Waals surface area contributed by atoms with Crippen LogP contribution in [0, 0.1) is 18.8 Å². The fourth-order valence-corrected chi connectivity index (χ4v) is 5.64. The number of ketones is 2.